The smallest absolute Gasteiger partial charge is 0.215 e. The lowest BCUT2D eigenvalue weighted by Crippen LogP contribution is -2.35. The number of nitrogens with one attached hydrogen (secondary N) is 1. The van der Waals surface area contributed by atoms with Gasteiger partial charge in [0.2, 0.25) is 5.16 Å². The third kappa shape index (κ3) is 4.01. The Kier molecular flexibility index (Phi) is 4.39. The van der Waals surface area contributed by atoms with Crippen molar-refractivity contribution >= 4 is 11.8 Å². The number of hydrogen-bond acceptors (Lipinski definition) is 6. The van der Waals surface area contributed by atoms with Crippen LogP contribution in [0.1, 0.15) is 31.9 Å². The van der Waals surface area contributed by atoms with Crippen LogP contribution in [0.5, 0.6) is 0 Å². The highest BCUT2D eigenvalue weighted by atomic mass is 32.2. The van der Waals surface area contributed by atoms with Crippen molar-refractivity contribution in [2.24, 2.45) is 7.05 Å². The normalized spacial score (nSPS) is 11.8. The van der Waals surface area contributed by atoms with Gasteiger partial charge in [0.15, 0.2) is 0 Å². The molecule has 0 aliphatic carbocycles. The SMILES string of the molecule is Cc1cc(CNC(C)(C)C)cnc1Sc1nnnn1C. The quantitative estimate of drug-likeness (QED) is 0.929. The molecule has 2 rings (SSSR count). The zero-order valence-corrected chi connectivity index (χ0v) is 13.3. The summed E-state index contributed by atoms with van der Waals surface area (Å²) in [5, 5.41) is 16.5. The van der Waals surface area contributed by atoms with Gasteiger partial charge in [-0.15, -0.1) is 5.10 Å². The van der Waals surface area contributed by atoms with Gasteiger partial charge in [0.05, 0.1) is 0 Å². The van der Waals surface area contributed by atoms with Gasteiger partial charge in [0.25, 0.3) is 0 Å². The molecule has 0 fully saturated rings. The van der Waals surface area contributed by atoms with Gasteiger partial charge >= 0.3 is 0 Å². The van der Waals surface area contributed by atoms with Crippen molar-refractivity contribution in [1.29, 1.82) is 0 Å². The van der Waals surface area contributed by atoms with Gasteiger partial charge < -0.3 is 5.32 Å². The first-order valence-corrected chi connectivity index (χ1v) is 7.27. The van der Waals surface area contributed by atoms with Crippen molar-refractivity contribution < 1.29 is 0 Å². The van der Waals surface area contributed by atoms with Gasteiger partial charge in [-0.3, -0.25) is 0 Å². The van der Waals surface area contributed by atoms with Crippen LogP contribution in [0, 0.1) is 6.92 Å². The van der Waals surface area contributed by atoms with Crippen LogP contribution in [0.15, 0.2) is 22.4 Å². The fraction of sp³-hybridized carbons (Fsp3) is 0.538. The van der Waals surface area contributed by atoms with Crippen LogP contribution in [0.3, 0.4) is 0 Å². The maximum atomic E-state index is 4.51. The van der Waals surface area contributed by atoms with Crippen molar-refractivity contribution in [3.05, 3.63) is 23.4 Å². The lowest BCUT2D eigenvalue weighted by molar-refractivity contribution is 0.424. The van der Waals surface area contributed by atoms with E-state index in [1.165, 1.54) is 17.3 Å². The van der Waals surface area contributed by atoms with E-state index in [-0.39, 0.29) is 5.54 Å². The van der Waals surface area contributed by atoms with E-state index in [0.717, 1.165) is 22.3 Å². The summed E-state index contributed by atoms with van der Waals surface area (Å²) in [6.45, 7) is 9.32. The summed E-state index contributed by atoms with van der Waals surface area (Å²) in [7, 11) is 1.82. The molecule has 0 atom stereocenters. The van der Waals surface area contributed by atoms with Crippen molar-refractivity contribution in [2.45, 2.75) is 50.0 Å². The Morgan fingerprint density at radius 1 is 1.35 bits per heavy atom. The average Bonchev–Trinajstić information content (AvgIpc) is 2.75. The van der Waals surface area contributed by atoms with Crippen LogP contribution in [-0.2, 0) is 13.6 Å². The third-order valence-corrected chi connectivity index (χ3v) is 3.83. The first-order valence-electron chi connectivity index (χ1n) is 6.46. The van der Waals surface area contributed by atoms with Gasteiger partial charge in [-0.25, -0.2) is 9.67 Å². The lowest BCUT2D eigenvalue weighted by atomic mass is 10.1. The number of pyridine rings is 1. The van der Waals surface area contributed by atoms with Crippen LogP contribution in [0.2, 0.25) is 0 Å². The topological polar surface area (TPSA) is 68.5 Å². The van der Waals surface area contributed by atoms with Crippen molar-refractivity contribution in [2.75, 3.05) is 0 Å². The molecule has 108 valence electrons. The number of aryl methyl sites for hydroxylation is 2. The Hall–Kier alpha value is -1.47. The second-order valence-electron chi connectivity index (χ2n) is 5.76. The highest BCUT2D eigenvalue weighted by Gasteiger charge is 2.11. The Balaban J connectivity index is 2.08. The zero-order valence-electron chi connectivity index (χ0n) is 12.5. The molecule has 1 N–H and O–H groups in total. The highest BCUT2D eigenvalue weighted by molar-refractivity contribution is 7.99. The number of hydrogen-bond donors (Lipinski definition) is 1. The molecule has 0 aromatic carbocycles. The second kappa shape index (κ2) is 5.88. The number of aromatic nitrogens is 5. The number of nitrogens with zero attached hydrogens (tertiary/aromatic N) is 5. The highest BCUT2D eigenvalue weighted by Crippen LogP contribution is 2.26. The molecule has 2 aromatic rings. The van der Waals surface area contributed by atoms with E-state index in [9.17, 15) is 0 Å². The van der Waals surface area contributed by atoms with E-state index in [1.807, 2.05) is 13.2 Å². The molecule has 0 spiro atoms. The molecular weight excluding hydrogens is 272 g/mol. The first-order chi connectivity index (χ1) is 9.35. The molecule has 0 amide bonds. The van der Waals surface area contributed by atoms with Gasteiger partial charge in [-0.2, -0.15) is 0 Å². The predicted octanol–water partition coefficient (Wildman–Crippen LogP) is 1.95. The fourth-order valence-corrected chi connectivity index (χ4v) is 2.33. The van der Waals surface area contributed by atoms with Crippen LogP contribution in [-0.4, -0.2) is 30.7 Å². The molecule has 7 heteroatoms. The van der Waals surface area contributed by atoms with Crippen LogP contribution in [0.4, 0.5) is 0 Å². The Bertz CT molecular complexity index is 587. The summed E-state index contributed by atoms with van der Waals surface area (Å²) >= 11 is 1.48. The summed E-state index contributed by atoms with van der Waals surface area (Å²) in [5.41, 5.74) is 2.41. The minimum absolute atomic E-state index is 0.103. The molecule has 2 heterocycles. The van der Waals surface area contributed by atoms with Crippen LogP contribution >= 0.6 is 11.8 Å². The summed E-state index contributed by atoms with van der Waals surface area (Å²) in [4.78, 5) is 4.51. The monoisotopic (exact) mass is 292 g/mol. The molecule has 0 bridgehead atoms. The summed E-state index contributed by atoms with van der Waals surface area (Å²) < 4.78 is 1.64. The molecule has 0 radical (unpaired) electrons. The Morgan fingerprint density at radius 2 is 2.10 bits per heavy atom. The minimum Gasteiger partial charge on any atom is -0.308 e. The van der Waals surface area contributed by atoms with Gasteiger partial charge in [0, 0.05) is 25.3 Å². The summed E-state index contributed by atoms with van der Waals surface area (Å²) in [6.07, 6.45) is 1.90. The van der Waals surface area contributed by atoms with Gasteiger partial charge in [-0.1, -0.05) is 6.07 Å². The van der Waals surface area contributed by atoms with E-state index in [0.29, 0.717) is 0 Å². The molecule has 6 nitrogen and oxygen atoms in total. The largest absolute Gasteiger partial charge is 0.308 e. The average molecular weight is 292 g/mol. The Morgan fingerprint density at radius 3 is 2.65 bits per heavy atom. The van der Waals surface area contributed by atoms with E-state index in [2.05, 4.69) is 59.6 Å². The maximum Gasteiger partial charge on any atom is 0.215 e. The molecule has 0 aliphatic rings. The third-order valence-electron chi connectivity index (χ3n) is 2.68. The molecule has 0 saturated heterocycles. The Labute approximate surface area is 123 Å². The fourth-order valence-electron chi connectivity index (χ4n) is 1.59. The zero-order chi connectivity index (χ0) is 14.8. The van der Waals surface area contributed by atoms with E-state index < -0.39 is 0 Å². The number of tetrazole rings is 1. The van der Waals surface area contributed by atoms with Crippen molar-refractivity contribution in [3.63, 3.8) is 0 Å². The standard InChI is InChI=1S/C13H20N6S/c1-9-6-10(8-15-13(2,3)4)7-14-11(9)20-12-16-17-18-19(12)5/h6-7,15H,8H2,1-5H3. The molecule has 0 saturated carbocycles. The van der Waals surface area contributed by atoms with Gasteiger partial charge in [-0.05, 0) is 61.0 Å². The molecule has 20 heavy (non-hydrogen) atoms. The van der Waals surface area contributed by atoms with Crippen LogP contribution < -0.4 is 5.32 Å². The van der Waals surface area contributed by atoms with Crippen molar-refractivity contribution in [1.82, 2.24) is 30.5 Å². The summed E-state index contributed by atoms with van der Waals surface area (Å²) in [5.74, 6) is 0. The molecular formula is C13H20N6S. The lowest BCUT2D eigenvalue weighted by Gasteiger charge is -2.20. The molecule has 0 unspecified atom stereocenters. The van der Waals surface area contributed by atoms with Crippen molar-refractivity contribution in [3.8, 4) is 0 Å². The van der Waals surface area contributed by atoms with E-state index >= 15 is 0 Å². The summed E-state index contributed by atoms with van der Waals surface area (Å²) in [6, 6.07) is 2.15. The molecule has 0 aliphatic heterocycles. The minimum atomic E-state index is 0.103. The van der Waals surface area contributed by atoms with E-state index in [4.69, 9.17) is 0 Å². The first kappa shape index (κ1) is 14.9. The maximum absolute atomic E-state index is 4.51. The number of rotatable bonds is 4. The van der Waals surface area contributed by atoms with Crippen LogP contribution in [0.25, 0.3) is 0 Å². The van der Waals surface area contributed by atoms with Gasteiger partial charge in [0.1, 0.15) is 5.03 Å². The molecule has 2 aromatic heterocycles. The van der Waals surface area contributed by atoms with E-state index in [1.54, 1.807) is 4.68 Å². The second-order valence-corrected chi connectivity index (χ2v) is 6.71. The predicted molar refractivity (Wildman–Crippen MR) is 78.5 cm³/mol.